The van der Waals surface area contributed by atoms with E-state index in [0.717, 1.165) is 0 Å². The molecule has 0 radical (unpaired) electrons. The molecule has 9 heteroatoms. The number of thioether (sulfide) groups is 1. The summed E-state index contributed by atoms with van der Waals surface area (Å²) < 4.78 is 12.3. The highest BCUT2D eigenvalue weighted by molar-refractivity contribution is 8.01. The normalized spacial score (nSPS) is 30.3. The molecular formula is C17H20FN3O4S. The number of amides is 2. The van der Waals surface area contributed by atoms with Crippen LogP contribution < -0.4 is 11.1 Å². The number of carbonyl (C=O) groups excluding carboxylic acids is 2. The Kier molecular flexibility index (Phi) is 4.27. The highest BCUT2D eigenvalue weighted by atomic mass is 32.2. The van der Waals surface area contributed by atoms with Crippen LogP contribution in [0.1, 0.15) is 32.4 Å². The molecule has 0 saturated carbocycles. The number of nitrogens with zero attached hydrogens (tertiary/aromatic N) is 1. The number of nitrogens with two attached hydrogens (primary N) is 1. The van der Waals surface area contributed by atoms with Gasteiger partial charge in [-0.2, -0.15) is 0 Å². The van der Waals surface area contributed by atoms with Crippen molar-refractivity contribution in [2.45, 2.75) is 48.5 Å². The van der Waals surface area contributed by atoms with Gasteiger partial charge in [-0.25, -0.2) is 9.18 Å². The van der Waals surface area contributed by atoms with E-state index in [2.05, 4.69) is 5.32 Å². The number of fused-ring (bicyclic) bond motifs is 1. The smallest absolute Gasteiger partial charge is 0.327 e. The first-order valence-electron chi connectivity index (χ1n) is 8.05. The van der Waals surface area contributed by atoms with Gasteiger partial charge in [-0.15, -0.1) is 11.8 Å². The number of carboxylic acid groups (broad SMARTS) is 1. The Labute approximate surface area is 154 Å². The Morgan fingerprint density at radius 3 is 2.42 bits per heavy atom. The first kappa shape index (κ1) is 18.7. The Bertz CT molecular complexity index is 785. The molecular weight excluding hydrogens is 361 g/mol. The van der Waals surface area contributed by atoms with Gasteiger partial charge in [0.05, 0.1) is 0 Å². The van der Waals surface area contributed by atoms with Crippen molar-refractivity contribution in [2.24, 2.45) is 5.73 Å². The zero-order valence-electron chi connectivity index (χ0n) is 14.5. The van der Waals surface area contributed by atoms with Crippen molar-refractivity contribution in [3.63, 3.8) is 0 Å². The molecule has 2 saturated heterocycles. The second-order valence-electron chi connectivity index (χ2n) is 7.25. The molecule has 0 aliphatic carbocycles. The van der Waals surface area contributed by atoms with Crippen molar-refractivity contribution in [1.29, 1.82) is 0 Å². The summed E-state index contributed by atoms with van der Waals surface area (Å²) in [5.41, 5.74) is 5.11. The van der Waals surface area contributed by atoms with Crippen LogP contribution in [0.15, 0.2) is 24.3 Å². The van der Waals surface area contributed by atoms with Crippen LogP contribution in [0, 0.1) is 5.82 Å². The first-order valence-corrected chi connectivity index (χ1v) is 8.93. The number of nitrogens with one attached hydrogen (secondary N) is 1. The maximum atomic E-state index is 13.0. The molecule has 2 amide bonds. The van der Waals surface area contributed by atoms with E-state index in [0.29, 0.717) is 5.56 Å². The van der Waals surface area contributed by atoms with Crippen LogP contribution in [0.4, 0.5) is 4.39 Å². The molecule has 2 aliphatic rings. The summed E-state index contributed by atoms with van der Waals surface area (Å²) in [6, 6.07) is 3.19. The largest absolute Gasteiger partial charge is 0.480 e. The Hall–Kier alpha value is -2.13. The van der Waals surface area contributed by atoms with E-state index in [9.17, 15) is 23.9 Å². The monoisotopic (exact) mass is 381 g/mol. The summed E-state index contributed by atoms with van der Waals surface area (Å²) >= 11 is 1.34. The number of halogens is 1. The number of aliphatic carboxylic acids is 1. The number of carboxylic acids is 1. The van der Waals surface area contributed by atoms with Gasteiger partial charge in [0.25, 0.3) is 5.91 Å². The summed E-state index contributed by atoms with van der Waals surface area (Å²) in [5.74, 6) is -2.55. The quantitative estimate of drug-likeness (QED) is 0.667. The number of carbonyl (C=O) groups is 3. The third-order valence-electron chi connectivity index (χ3n) is 4.91. The summed E-state index contributed by atoms with van der Waals surface area (Å²) in [7, 11) is 0. The van der Waals surface area contributed by atoms with E-state index < -0.39 is 51.3 Å². The average molecular weight is 381 g/mol. The van der Waals surface area contributed by atoms with Crippen LogP contribution in [0.5, 0.6) is 0 Å². The molecule has 2 heterocycles. The molecule has 140 valence electrons. The molecule has 7 nitrogen and oxygen atoms in total. The van der Waals surface area contributed by atoms with Gasteiger partial charge < -0.3 is 21.1 Å². The lowest BCUT2D eigenvalue weighted by Gasteiger charge is -2.51. The number of β-lactam (4-membered cyclic amide) rings is 1. The first-order chi connectivity index (χ1) is 12.0. The topological polar surface area (TPSA) is 113 Å². The zero-order valence-corrected chi connectivity index (χ0v) is 15.3. The van der Waals surface area contributed by atoms with Crippen molar-refractivity contribution < 1.29 is 23.9 Å². The molecule has 0 aromatic heterocycles. The Morgan fingerprint density at radius 2 is 1.88 bits per heavy atom. The number of benzene rings is 1. The molecule has 4 atom stereocenters. The third kappa shape index (κ3) is 2.66. The van der Waals surface area contributed by atoms with Gasteiger partial charge >= 0.3 is 5.97 Å². The summed E-state index contributed by atoms with van der Waals surface area (Å²) in [4.78, 5) is 38.0. The van der Waals surface area contributed by atoms with Gasteiger partial charge in [0.15, 0.2) is 0 Å². The lowest BCUT2D eigenvalue weighted by Crippen LogP contribution is -2.78. The van der Waals surface area contributed by atoms with Crippen LogP contribution in [-0.4, -0.2) is 49.5 Å². The minimum absolute atomic E-state index is 0.416. The van der Waals surface area contributed by atoms with Crippen LogP contribution in [0.3, 0.4) is 0 Å². The molecule has 1 aromatic rings. The minimum atomic E-state index is -1.24. The van der Waals surface area contributed by atoms with E-state index in [1.165, 1.54) is 40.9 Å². The van der Waals surface area contributed by atoms with Gasteiger partial charge in [-0.3, -0.25) is 9.59 Å². The fourth-order valence-electron chi connectivity index (χ4n) is 3.49. The number of hydrogen-bond acceptors (Lipinski definition) is 5. The predicted molar refractivity (Wildman–Crippen MR) is 93.6 cm³/mol. The molecule has 0 bridgehead atoms. The molecule has 1 aromatic carbocycles. The van der Waals surface area contributed by atoms with Crippen LogP contribution in [-0.2, 0) is 14.4 Å². The van der Waals surface area contributed by atoms with E-state index in [1.807, 2.05) is 0 Å². The van der Waals surface area contributed by atoms with E-state index in [-0.39, 0.29) is 0 Å². The van der Waals surface area contributed by atoms with Crippen molar-refractivity contribution in [3.8, 4) is 0 Å². The van der Waals surface area contributed by atoms with Gasteiger partial charge in [-0.05, 0) is 38.5 Å². The van der Waals surface area contributed by atoms with Crippen molar-refractivity contribution in [1.82, 2.24) is 10.2 Å². The van der Waals surface area contributed by atoms with Gasteiger partial charge in [0.1, 0.15) is 28.8 Å². The second kappa shape index (κ2) is 5.95. The summed E-state index contributed by atoms with van der Waals surface area (Å²) in [5, 5.41) is 11.6. The van der Waals surface area contributed by atoms with Crippen molar-refractivity contribution in [2.75, 3.05) is 0 Å². The zero-order chi connectivity index (χ0) is 19.4. The number of hydrogen-bond donors (Lipinski definition) is 3. The maximum Gasteiger partial charge on any atom is 0.327 e. The Morgan fingerprint density at radius 1 is 1.31 bits per heavy atom. The molecule has 3 rings (SSSR count). The summed E-state index contributed by atoms with van der Waals surface area (Å²) in [6.07, 6.45) is 0. The minimum Gasteiger partial charge on any atom is -0.480 e. The highest BCUT2D eigenvalue weighted by Gasteiger charge is 2.70. The molecule has 0 spiro atoms. The summed E-state index contributed by atoms with van der Waals surface area (Å²) in [6.45, 7) is 5.09. The SMILES string of the molecule is CC1(C)S[C@H]2N(C(=O)C2(C)NC(=O)C(N)c2ccc(F)cc2)[C@H]1C(=O)O. The molecule has 4 N–H and O–H groups in total. The van der Waals surface area contributed by atoms with Crippen LogP contribution in [0.2, 0.25) is 0 Å². The van der Waals surface area contributed by atoms with E-state index in [1.54, 1.807) is 20.8 Å². The molecule has 2 aliphatic heterocycles. The lowest BCUT2D eigenvalue weighted by molar-refractivity contribution is -0.168. The van der Waals surface area contributed by atoms with E-state index >= 15 is 0 Å². The van der Waals surface area contributed by atoms with Gasteiger partial charge in [0.2, 0.25) is 5.91 Å². The molecule has 2 unspecified atom stereocenters. The standard InChI is InChI=1S/C17H20FN3O4S/c1-16(2)11(13(23)24)21-14(25)17(3,15(21)26-16)20-12(22)10(19)8-4-6-9(18)7-5-8/h4-7,10-11,15H,19H2,1-3H3,(H,20,22)(H,23,24)/t10?,11-,15+,17?/m0/s1. The van der Waals surface area contributed by atoms with Crippen molar-refractivity contribution >= 4 is 29.5 Å². The second-order valence-corrected chi connectivity index (χ2v) is 8.98. The van der Waals surface area contributed by atoms with Crippen LogP contribution >= 0.6 is 11.8 Å². The lowest BCUT2D eigenvalue weighted by atomic mass is 9.85. The van der Waals surface area contributed by atoms with Gasteiger partial charge in [-0.1, -0.05) is 12.1 Å². The fraction of sp³-hybridized carbons (Fsp3) is 0.471. The molecule has 2 fully saturated rings. The fourth-order valence-corrected chi connectivity index (χ4v) is 5.14. The number of rotatable bonds is 4. The average Bonchev–Trinajstić information content (AvgIpc) is 2.84. The highest BCUT2D eigenvalue weighted by Crippen LogP contribution is 2.54. The van der Waals surface area contributed by atoms with Gasteiger partial charge in [0, 0.05) is 4.75 Å². The van der Waals surface area contributed by atoms with Crippen molar-refractivity contribution in [3.05, 3.63) is 35.6 Å². The maximum absolute atomic E-state index is 13.0. The Balaban J connectivity index is 1.78. The third-order valence-corrected chi connectivity index (χ3v) is 6.66. The van der Waals surface area contributed by atoms with E-state index in [4.69, 9.17) is 5.73 Å². The van der Waals surface area contributed by atoms with Crippen LogP contribution in [0.25, 0.3) is 0 Å². The molecule has 26 heavy (non-hydrogen) atoms. The predicted octanol–water partition coefficient (Wildman–Crippen LogP) is 0.847.